The minimum Gasteiger partial charge on any atom is -0.756 e. The van der Waals surface area contributed by atoms with Crippen molar-refractivity contribution < 1.29 is 101 Å². The largest absolute Gasteiger partial charge is 0.756 e. The molecule has 4 aliphatic rings. The normalized spacial score (nSPS) is 44.4. The molecule has 6 rings (SSSR count). The third kappa shape index (κ3) is 8.27. The quantitative estimate of drug-likeness (QED) is 0.0887. The summed E-state index contributed by atoms with van der Waals surface area (Å²) in [5.74, 6) is 0.142. The highest BCUT2D eigenvalue weighted by atomic mass is 31.2. The molecule has 0 radical (unpaired) electrons. The van der Waals surface area contributed by atoms with Gasteiger partial charge in [-0.2, -0.15) is 0 Å². The average molecular weight is 801 g/mol. The number of nitrogen functional groups attached to an aromatic ring is 1. The Kier molecular flexibility index (Phi) is 12.8. The van der Waals surface area contributed by atoms with Crippen molar-refractivity contribution in [2.75, 3.05) is 25.5 Å². The van der Waals surface area contributed by atoms with Crippen molar-refractivity contribution in [2.45, 2.75) is 123 Å². The Morgan fingerprint density at radius 1 is 0.852 bits per heavy atom. The number of hydrogen-bond donors (Lipinski definition) is 12. The highest BCUT2D eigenvalue weighted by Crippen LogP contribution is 2.44. The van der Waals surface area contributed by atoms with E-state index in [1.54, 1.807) is 0 Å². The lowest BCUT2D eigenvalue weighted by atomic mass is 9.84. The number of quaternary nitrogens is 4. The van der Waals surface area contributed by atoms with E-state index < -0.39 is 131 Å². The van der Waals surface area contributed by atoms with E-state index in [0.29, 0.717) is 11.2 Å². The molecule has 306 valence electrons. The summed E-state index contributed by atoms with van der Waals surface area (Å²) >= 11 is 0. The summed E-state index contributed by atoms with van der Waals surface area (Å²) < 4.78 is 53.7. The molecule has 19 atom stereocenters. The van der Waals surface area contributed by atoms with Gasteiger partial charge < -0.3 is 102 Å². The van der Waals surface area contributed by atoms with E-state index in [4.69, 9.17) is 38.5 Å². The van der Waals surface area contributed by atoms with Gasteiger partial charge in [-0.25, -0.2) is 15.0 Å². The molecule has 1 aliphatic carbocycles. The lowest BCUT2D eigenvalue weighted by molar-refractivity contribution is -0.525. The smallest absolute Gasteiger partial charge is 0.268 e. The highest BCUT2D eigenvalue weighted by molar-refractivity contribution is 7.45. The van der Waals surface area contributed by atoms with Crippen molar-refractivity contribution in [3.8, 4) is 0 Å². The Balaban J connectivity index is 1.06. The van der Waals surface area contributed by atoms with Crippen molar-refractivity contribution in [2.24, 2.45) is 0 Å². The maximum Gasteiger partial charge on any atom is 0.268 e. The average Bonchev–Trinajstić information content (AvgIpc) is 3.74. The summed E-state index contributed by atoms with van der Waals surface area (Å²) in [5.41, 5.74) is 22.0. The van der Waals surface area contributed by atoms with Gasteiger partial charge in [-0.1, -0.05) is 0 Å². The number of nitrogens with zero attached hydrogens (tertiary/aromatic N) is 4. The van der Waals surface area contributed by atoms with Crippen molar-refractivity contribution in [1.29, 1.82) is 0 Å². The van der Waals surface area contributed by atoms with E-state index in [-0.39, 0.29) is 25.2 Å². The van der Waals surface area contributed by atoms with E-state index >= 15 is 0 Å². The third-order valence-corrected chi connectivity index (χ3v) is 11.3. The van der Waals surface area contributed by atoms with Crippen LogP contribution in [0.1, 0.15) is 19.1 Å². The second-order valence-electron chi connectivity index (χ2n) is 14.0. The molecular weight excluding hydrogens is 749 g/mol. The minimum absolute atomic E-state index is 0.0349. The summed E-state index contributed by atoms with van der Waals surface area (Å²) in [6.45, 7) is -1.44. The molecular formula is C28H51N9O16P+3. The predicted octanol–water partition coefficient (Wildman–Crippen LogP) is -10.6. The Morgan fingerprint density at radius 2 is 1.50 bits per heavy atom. The molecule has 4 fully saturated rings. The molecule has 0 bridgehead atoms. The van der Waals surface area contributed by atoms with Crippen LogP contribution in [0.3, 0.4) is 0 Å². The van der Waals surface area contributed by atoms with Crippen LogP contribution in [-0.4, -0.2) is 179 Å². The van der Waals surface area contributed by atoms with Gasteiger partial charge in [0.25, 0.3) is 7.82 Å². The van der Waals surface area contributed by atoms with Crippen LogP contribution in [0.4, 0.5) is 5.82 Å². The number of anilines is 1. The molecule has 26 heteroatoms. The lowest BCUT2D eigenvalue weighted by Crippen LogP contribution is -2.83. The Morgan fingerprint density at radius 3 is 2.15 bits per heavy atom. The molecule has 21 N–H and O–H groups in total. The number of phosphoric acid groups is 1. The Hall–Kier alpha value is -2.18. The number of rotatable bonds is 12. The first kappa shape index (κ1) is 41.5. The van der Waals surface area contributed by atoms with Crippen molar-refractivity contribution in [3.63, 3.8) is 0 Å². The molecule has 1 saturated carbocycles. The second-order valence-corrected chi connectivity index (χ2v) is 15.3. The fourth-order valence-electron chi connectivity index (χ4n) is 7.21. The van der Waals surface area contributed by atoms with E-state index in [1.165, 1.54) is 17.2 Å². The van der Waals surface area contributed by atoms with E-state index in [1.807, 2.05) is 0 Å². The molecule has 2 aromatic rings. The van der Waals surface area contributed by atoms with Gasteiger partial charge in [-0.3, -0.25) is 9.13 Å². The second kappa shape index (κ2) is 16.7. The molecule has 0 amide bonds. The van der Waals surface area contributed by atoms with Crippen molar-refractivity contribution in [1.82, 2.24) is 19.5 Å². The van der Waals surface area contributed by atoms with E-state index in [9.17, 15) is 45.2 Å². The Labute approximate surface area is 306 Å². The number of ether oxygens (including phenoxy) is 5. The fraction of sp³-hybridized carbons (Fsp3) is 0.821. The van der Waals surface area contributed by atoms with Gasteiger partial charge in [0.1, 0.15) is 104 Å². The Bertz CT molecular complexity index is 1620. The van der Waals surface area contributed by atoms with Crippen LogP contribution in [0.25, 0.3) is 11.2 Å². The molecule has 1 unspecified atom stereocenters. The standard InChI is InChI=1S/C28H48N9O16P/c29-3-11-24(53-54(45,46)47-5-13-10(39)2-14(48-13)37-7-36-16-25(33)34-6-35-26(16)37)19(42)20(43)28(49-11)52-23-9(31)1-8(30)22(21(23)44)51-27-18(41)15(32)17(40)12(4-38)50-27/h6-15,17-24,27-28,38-44H,1-5,29-32H2,(H,45,46)(H2,33,34,35)/p+3/t8-,9+,10+,11-,12-,13-,14-,15+,17-,18-,19-,20-,21-,22+,23-,24-,27-,28-/m1/s1. The van der Waals surface area contributed by atoms with Crippen molar-refractivity contribution >= 4 is 24.8 Å². The fourth-order valence-corrected chi connectivity index (χ4v) is 8.16. The maximum atomic E-state index is 13.0. The van der Waals surface area contributed by atoms with Crippen LogP contribution >= 0.6 is 7.82 Å². The SMILES string of the molecule is Nc1ncnc2c1ncn2[C@H]1C[C@H](O)[C@@H](COP(=O)([O-])O[C@H]2[C@H](O)[C@@H](O)[C@@H](O[C@H]3[C@H](O)[C@@H](O[C@H]4O[C@H](CO)[C@@H](O)[C@H]([NH3+])[C@H]4O)[C@H]([NH3+])C[C@@H]3[NH3+])O[C@@H]2C[NH3+])O1. The van der Waals surface area contributed by atoms with Crippen LogP contribution < -0.4 is 33.6 Å². The summed E-state index contributed by atoms with van der Waals surface area (Å²) in [6.07, 6.45) is -17.8. The number of phosphoric ester groups is 1. The number of hydrogen-bond acceptors (Lipinski definition) is 20. The number of aromatic nitrogens is 4. The molecule has 3 aliphatic heterocycles. The van der Waals surface area contributed by atoms with Crippen LogP contribution in [0, 0.1) is 0 Å². The van der Waals surface area contributed by atoms with E-state index in [2.05, 4.69) is 37.9 Å². The summed E-state index contributed by atoms with van der Waals surface area (Å²) in [7, 11) is -5.27. The first-order chi connectivity index (χ1) is 25.5. The molecule has 2 aromatic heterocycles. The molecule has 5 heterocycles. The zero-order chi connectivity index (χ0) is 39.2. The summed E-state index contributed by atoms with van der Waals surface area (Å²) in [6, 6.07) is -2.26. The van der Waals surface area contributed by atoms with Gasteiger partial charge in [0.05, 0.1) is 32.1 Å². The molecule has 0 spiro atoms. The number of fused-ring (bicyclic) bond motifs is 1. The van der Waals surface area contributed by atoms with Gasteiger partial charge in [0.15, 0.2) is 30.1 Å². The zero-order valence-electron chi connectivity index (χ0n) is 29.0. The number of aliphatic hydroxyl groups excluding tert-OH is 7. The number of nitrogens with two attached hydrogens (primary N) is 1. The molecule has 54 heavy (non-hydrogen) atoms. The molecule has 25 nitrogen and oxygen atoms in total. The van der Waals surface area contributed by atoms with Gasteiger partial charge in [0.2, 0.25) is 0 Å². The van der Waals surface area contributed by atoms with Crippen LogP contribution in [0.5, 0.6) is 0 Å². The first-order valence-corrected chi connectivity index (χ1v) is 18.8. The summed E-state index contributed by atoms with van der Waals surface area (Å²) in [5, 5.41) is 74.5. The monoisotopic (exact) mass is 800 g/mol. The molecule has 3 saturated heterocycles. The maximum absolute atomic E-state index is 13.0. The minimum atomic E-state index is -5.27. The summed E-state index contributed by atoms with van der Waals surface area (Å²) in [4.78, 5) is 25.2. The first-order valence-electron chi connectivity index (χ1n) is 17.4. The third-order valence-electron chi connectivity index (χ3n) is 10.3. The number of imidazole rings is 1. The lowest BCUT2D eigenvalue weighted by Gasteiger charge is -2.46. The van der Waals surface area contributed by atoms with Gasteiger partial charge in [0, 0.05) is 6.42 Å². The van der Waals surface area contributed by atoms with Gasteiger partial charge in [-0.15, -0.1) is 0 Å². The topological polar surface area (TPSA) is 427 Å². The van der Waals surface area contributed by atoms with Gasteiger partial charge in [-0.05, 0) is 0 Å². The van der Waals surface area contributed by atoms with E-state index in [0.717, 1.165) is 0 Å². The molecule has 0 aromatic carbocycles. The van der Waals surface area contributed by atoms with Gasteiger partial charge >= 0.3 is 0 Å². The predicted molar refractivity (Wildman–Crippen MR) is 169 cm³/mol. The van der Waals surface area contributed by atoms with Crippen LogP contribution in [0.2, 0.25) is 0 Å². The zero-order valence-corrected chi connectivity index (χ0v) is 29.9. The van der Waals surface area contributed by atoms with Crippen LogP contribution in [-0.2, 0) is 37.3 Å². The van der Waals surface area contributed by atoms with Crippen molar-refractivity contribution in [3.05, 3.63) is 12.7 Å². The van der Waals surface area contributed by atoms with Crippen LogP contribution in [0.15, 0.2) is 12.7 Å². The number of aliphatic hydroxyl groups is 7. The highest BCUT2D eigenvalue weighted by Gasteiger charge is 2.55.